The molecule has 0 aliphatic heterocycles. The Bertz CT molecular complexity index is 303. The summed E-state index contributed by atoms with van der Waals surface area (Å²) in [6.07, 6.45) is -0.358. The summed E-state index contributed by atoms with van der Waals surface area (Å²) in [5, 5.41) is 2.82. The Labute approximate surface area is 103 Å². The van der Waals surface area contributed by atoms with Crippen molar-refractivity contribution in [1.29, 1.82) is 0 Å². The number of ether oxygens (including phenoxy) is 1. The maximum atomic E-state index is 11.2. The Hall–Kier alpha value is -0.780. The fourth-order valence-corrected chi connectivity index (χ4v) is 1.94. The Balaban J connectivity index is 2.61. The molecule has 1 rings (SSSR count). The minimum absolute atomic E-state index is 0.0193. The molecule has 0 aliphatic rings. The van der Waals surface area contributed by atoms with Crippen LogP contribution in [0.5, 0.6) is 0 Å². The molecule has 0 aliphatic carbocycles. The van der Waals surface area contributed by atoms with E-state index in [1.165, 1.54) is 0 Å². The van der Waals surface area contributed by atoms with E-state index in [4.69, 9.17) is 4.74 Å². The first kappa shape index (κ1) is 12.3. The predicted molar refractivity (Wildman–Crippen MR) is 68.2 cm³/mol. The van der Waals surface area contributed by atoms with Crippen molar-refractivity contribution >= 4 is 28.7 Å². The van der Waals surface area contributed by atoms with Gasteiger partial charge in [-0.3, -0.25) is 0 Å². The molecule has 0 spiro atoms. The van der Waals surface area contributed by atoms with Crippen LogP contribution in [-0.4, -0.2) is 17.1 Å². The van der Waals surface area contributed by atoms with Gasteiger partial charge in [0.25, 0.3) is 0 Å². The molecular formula is C11H14INO2. The molecule has 4 heteroatoms. The molecule has 1 unspecified atom stereocenters. The van der Waals surface area contributed by atoms with Gasteiger partial charge in [-0.2, -0.15) is 0 Å². The summed E-state index contributed by atoms with van der Waals surface area (Å²) in [5.41, 5.74) is 1.10. The zero-order valence-electron chi connectivity index (χ0n) is 8.57. The van der Waals surface area contributed by atoms with Crippen molar-refractivity contribution in [3.8, 4) is 0 Å². The number of benzene rings is 1. The predicted octanol–water partition coefficient (Wildman–Crippen LogP) is 2.91. The zero-order valence-corrected chi connectivity index (χ0v) is 10.7. The Morgan fingerprint density at radius 3 is 2.67 bits per heavy atom. The van der Waals surface area contributed by atoms with Crippen LogP contribution in [0.1, 0.15) is 18.5 Å². The third kappa shape index (κ3) is 4.07. The number of halogens is 1. The van der Waals surface area contributed by atoms with Crippen molar-refractivity contribution < 1.29 is 9.53 Å². The van der Waals surface area contributed by atoms with E-state index in [1.807, 2.05) is 30.3 Å². The number of amides is 1. The van der Waals surface area contributed by atoms with Gasteiger partial charge < -0.3 is 10.1 Å². The molecule has 1 amide bonds. The molecule has 0 radical (unpaired) electrons. The molecule has 0 saturated carbocycles. The van der Waals surface area contributed by atoms with Gasteiger partial charge in [0.05, 0.1) is 12.6 Å². The van der Waals surface area contributed by atoms with Gasteiger partial charge in [-0.15, -0.1) is 0 Å². The summed E-state index contributed by atoms with van der Waals surface area (Å²) < 4.78 is 5.66. The molecule has 1 aromatic carbocycles. The molecule has 3 nitrogen and oxygen atoms in total. The lowest BCUT2D eigenvalue weighted by Gasteiger charge is -2.15. The van der Waals surface area contributed by atoms with Crippen molar-refractivity contribution in [2.45, 2.75) is 13.0 Å². The minimum Gasteiger partial charge on any atom is -0.450 e. The number of carbonyl (C=O) groups is 1. The van der Waals surface area contributed by atoms with E-state index in [9.17, 15) is 4.79 Å². The number of hydrogen-bond donors (Lipinski definition) is 1. The van der Waals surface area contributed by atoms with Gasteiger partial charge in [-0.1, -0.05) is 52.9 Å². The van der Waals surface area contributed by atoms with E-state index < -0.39 is 0 Å². The number of rotatable bonds is 4. The van der Waals surface area contributed by atoms with Crippen molar-refractivity contribution in [1.82, 2.24) is 5.32 Å². The number of nitrogens with one attached hydrogen (secondary N) is 1. The van der Waals surface area contributed by atoms with Crippen molar-refractivity contribution in [3.05, 3.63) is 35.9 Å². The zero-order chi connectivity index (χ0) is 11.1. The molecule has 0 fully saturated rings. The monoisotopic (exact) mass is 319 g/mol. The Morgan fingerprint density at radius 1 is 1.47 bits per heavy atom. The normalized spacial score (nSPS) is 11.9. The Kier molecular flexibility index (Phi) is 5.45. The highest BCUT2D eigenvalue weighted by Gasteiger charge is 2.12. The van der Waals surface area contributed by atoms with Gasteiger partial charge in [0.15, 0.2) is 0 Å². The summed E-state index contributed by atoms with van der Waals surface area (Å²) in [4.78, 5) is 11.2. The second kappa shape index (κ2) is 6.66. The van der Waals surface area contributed by atoms with Crippen molar-refractivity contribution in [3.63, 3.8) is 0 Å². The summed E-state index contributed by atoms with van der Waals surface area (Å²) in [6, 6.07) is 9.89. The minimum atomic E-state index is -0.358. The average Bonchev–Trinajstić information content (AvgIpc) is 2.27. The molecule has 1 aromatic rings. The molecule has 1 atom stereocenters. The first-order valence-electron chi connectivity index (χ1n) is 4.82. The van der Waals surface area contributed by atoms with E-state index in [2.05, 4.69) is 27.9 Å². The van der Waals surface area contributed by atoms with E-state index >= 15 is 0 Å². The van der Waals surface area contributed by atoms with Crippen LogP contribution in [0.2, 0.25) is 0 Å². The van der Waals surface area contributed by atoms with Gasteiger partial charge in [0.1, 0.15) is 0 Å². The van der Waals surface area contributed by atoms with Crippen LogP contribution in [-0.2, 0) is 4.74 Å². The molecule has 0 aromatic heterocycles. The van der Waals surface area contributed by atoms with Crippen LogP contribution in [0, 0.1) is 0 Å². The lowest BCUT2D eigenvalue weighted by Crippen LogP contribution is -2.30. The van der Waals surface area contributed by atoms with Crippen molar-refractivity contribution in [2.24, 2.45) is 0 Å². The van der Waals surface area contributed by atoms with E-state index in [1.54, 1.807) is 6.92 Å². The fraction of sp³-hybridized carbons (Fsp3) is 0.364. The standard InChI is InChI=1S/C11H14INO2/c1-2-15-11(14)13-10(8-12)9-6-4-3-5-7-9/h3-7,10H,2,8H2,1H3,(H,13,14). The number of alkyl halides is 1. The van der Waals surface area contributed by atoms with Gasteiger partial charge in [-0.05, 0) is 12.5 Å². The van der Waals surface area contributed by atoms with Crippen LogP contribution in [0.25, 0.3) is 0 Å². The molecular weight excluding hydrogens is 305 g/mol. The maximum absolute atomic E-state index is 11.2. The lowest BCUT2D eigenvalue weighted by molar-refractivity contribution is 0.149. The van der Waals surface area contributed by atoms with Crippen LogP contribution in [0.15, 0.2) is 30.3 Å². The van der Waals surface area contributed by atoms with E-state index in [0.29, 0.717) is 6.61 Å². The molecule has 1 N–H and O–H groups in total. The van der Waals surface area contributed by atoms with Crippen LogP contribution >= 0.6 is 22.6 Å². The van der Waals surface area contributed by atoms with Gasteiger partial charge in [-0.25, -0.2) is 4.79 Å². The Morgan fingerprint density at radius 2 is 2.13 bits per heavy atom. The molecule has 0 heterocycles. The summed E-state index contributed by atoms with van der Waals surface area (Å²) in [7, 11) is 0. The number of carbonyl (C=O) groups excluding carboxylic acids is 1. The molecule has 0 saturated heterocycles. The summed E-state index contributed by atoms with van der Waals surface area (Å²) >= 11 is 2.24. The molecule has 82 valence electrons. The average molecular weight is 319 g/mol. The fourth-order valence-electron chi connectivity index (χ4n) is 1.21. The highest BCUT2D eigenvalue weighted by molar-refractivity contribution is 14.1. The lowest BCUT2D eigenvalue weighted by atomic mass is 10.1. The number of alkyl carbamates (subject to hydrolysis) is 1. The van der Waals surface area contributed by atoms with E-state index in [-0.39, 0.29) is 12.1 Å². The van der Waals surface area contributed by atoms with Gasteiger partial charge >= 0.3 is 6.09 Å². The quantitative estimate of drug-likeness (QED) is 0.684. The highest BCUT2D eigenvalue weighted by Crippen LogP contribution is 2.15. The topological polar surface area (TPSA) is 38.3 Å². The third-order valence-electron chi connectivity index (χ3n) is 1.92. The third-order valence-corrected chi connectivity index (χ3v) is 2.80. The van der Waals surface area contributed by atoms with Crippen LogP contribution in [0.3, 0.4) is 0 Å². The molecule has 15 heavy (non-hydrogen) atoms. The summed E-state index contributed by atoms with van der Waals surface area (Å²) in [6.45, 7) is 2.19. The second-order valence-corrected chi connectivity index (χ2v) is 3.86. The van der Waals surface area contributed by atoms with Gasteiger partial charge in [0, 0.05) is 4.43 Å². The summed E-state index contributed by atoms with van der Waals surface area (Å²) in [5.74, 6) is 0. The first-order chi connectivity index (χ1) is 7.27. The smallest absolute Gasteiger partial charge is 0.407 e. The van der Waals surface area contributed by atoms with Gasteiger partial charge in [0.2, 0.25) is 0 Å². The maximum Gasteiger partial charge on any atom is 0.407 e. The molecule has 0 bridgehead atoms. The van der Waals surface area contributed by atoms with Crippen LogP contribution in [0.4, 0.5) is 4.79 Å². The second-order valence-electron chi connectivity index (χ2n) is 2.98. The highest BCUT2D eigenvalue weighted by atomic mass is 127. The largest absolute Gasteiger partial charge is 0.450 e. The number of hydrogen-bond acceptors (Lipinski definition) is 2. The SMILES string of the molecule is CCOC(=O)NC(CI)c1ccccc1. The first-order valence-corrected chi connectivity index (χ1v) is 6.34. The van der Waals surface area contributed by atoms with E-state index in [0.717, 1.165) is 9.99 Å². The van der Waals surface area contributed by atoms with Crippen LogP contribution < -0.4 is 5.32 Å². The van der Waals surface area contributed by atoms with Crippen molar-refractivity contribution in [2.75, 3.05) is 11.0 Å².